The third-order valence-corrected chi connectivity index (χ3v) is 5.82. The summed E-state index contributed by atoms with van der Waals surface area (Å²) in [5, 5.41) is 0.481. The molecule has 7 heteroatoms. The van der Waals surface area contributed by atoms with Gasteiger partial charge in [0.05, 0.1) is 23.1 Å². The van der Waals surface area contributed by atoms with E-state index in [1.807, 2.05) is 0 Å². The number of ether oxygens (including phenoxy) is 1. The van der Waals surface area contributed by atoms with E-state index < -0.39 is 10.0 Å². The van der Waals surface area contributed by atoms with Crippen LogP contribution in [-0.4, -0.2) is 26.7 Å². The fourth-order valence-corrected chi connectivity index (χ4v) is 4.43. The highest BCUT2D eigenvalue weighted by Gasteiger charge is 2.42. The summed E-state index contributed by atoms with van der Waals surface area (Å²) in [4.78, 5) is 0.199. The van der Waals surface area contributed by atoms with Gasteiger partial charge in [-0.15, -0.1) is 0 Å². The molecule has 3 rings (SSSR count). The van der Waals surface area contributed by atoms with E-state index in [0.717, 1.165) is 19.3 Å². The Bertz CT molecular complexity index is 620. The van der Waals surface area contributed by atoms with Crippen molar-refractivity contribution in [3.8, 4) is 0 Å². The van der Waals surface area contributed by atoms with Gasteiger partial charge in [-0.05, 0) is 43.0 Å². The average Bonchev–Trinajstić information content (AvgIpc) is 3.00. The Morgan fingerprint density at radius 3 is 2.80 bits per heavy atom. The highest BCUT2D eigenvalue weighted by atomic mass is 35.5. The van der Waals surface area contributed by atoms with Gasteiger partial charge in [0.25, 0.3) is 0 Å². The quantitative estimate of drug-likeness (QED) is 0.879. The zero-order valence-corrected chi connectivity index (χ0v) is 12.5. The number of nitrogens with one attached hydrogen (secondary N) is 1. The minimum absolute atomic E-state index is 0.0102. The second kappa shape index (κ2) is 5.27. The van der Waals surface area contributed by atoms with Gasteiger partial charge in [0.2, 0.25) is 10.0 Å². The van der Waals surface area contributed by atoms with E-state index in [1.54, 1.807) is 6.07 Å². The largest absolute Gasteiger partial charge is 0.373 e. The van der Waals surface area contributed by atoms with Crippen LogP contribution < -0.4 is 10.5 Å². The third kappa shape index (κ3) is 2.58. The van der Waals surface area contributed by atoms with Crippen molar-refractivity contribution in [2.24, 2.45) is 5.73 Å². The van der Waals surface area contributed by atoms with Crippen LogP contribution in [0.1, 0.15) is 24.8 Å². The number of hydrogen-bond donors (Lipinski definition) is 2. The molecule has 0 saturated carbocycles. The molecular weight excluding hydrogens is 300 g/mol. The minimum atomic E-state index is -3.56. The van der Waals surface area contributed by atoms with Crippen LogP contribution in [0.5, 0.6) is 0 Å². The zero-order chi connectivity index (χ0) is 14.3. The van der Waals surface area contributed by atoms with E-state index in [4.69, 9.17) is 22.1 Å². The van der Waals surface area contributed by atoms with Gasteiger partial charge >= 0.3 is 0 Å². The molecule has 0 aromatic heterocycles. The van der Waals surface area contributed by atoms with E-state index in [-0.39, 0.29) is 29.7 Å². The summed E-state index contributed by atoms with van der Waals surface area (Å²) >= 11 is 5.95. The molecule has 3 atom stereocenters. The standard InChI is InChI=1S/C13H17ClN2O3S/c14-11-3-2-10(5-8(11)7-15)20(17,18)16-12-6-9-1-4-13(12)19-9/h2-3,5,9,12-13,16H,1,4,6-7,15H2. The van der Waals surface area contributed by atoms with Crippen LogP contribution in [0.2, 0.25) is 5.02 Å². The molecule has 2 saturated heterocycles. The van der Waals surface area contributed by atoms with Gasteiger partial charge in [0.15, 0.2) is 0 Å². The second-order valence-corrected chi connectivity index (χ2v) is 7.42. The summed E-state index contributed by atoms with van der Waals surface area (Å²) in [6, 6.07) is 4.46. The molecule has 20 heavy (non-hydrogen) atoms. The minimum Gasteiger partial charge on any atom is -0.373 e. The molecule has 2 bridgehead atoms. The Kier molecular flexibility index (Phi) is 3.77. The monoisotopic (exact) mass is 316 g/mol. The van der Waals surface area contributed by atoms with Gasteiger partial charge in [-0.1, -0.05) is 11.6 Å². The first-order valence-corrected chi connectivity index (χ1v) is 8.52. The topological polar surface area (TPSA) is 81.4 Å². The van der Waals surface area contributed by atoms with Crippen molar-refractivity contribution in [1.29, 1.82) is 0 Å². The molecule has 1 aromatic rings. The maximum atomic E-state index is 12.4. The number of halogens is 1. The first-order valence-electron chi connectivity index (χ1n) is 6.66. The van der Waals surface area contributed by atoms with Crippen LogP contribution in [0, 0.1) is 0 Å². The Balaban J connectivity index is 1.81. The second-order valence-electron chi connectivity index (χ2n) is 5.29. The van der Waals surface area contributed by atoms with Crippen molar-refractivity contribution in [2.45, 2.75) is 49.0 Å². The van der Waals surface area contributed by atoms with Gasteiger partial charge < -0.3 is 10.5 Å². The number of hydrogen-bond acceptors (Lipinski definition) is 4. The highest BCUT2D eigenvalue weighted by molar-refractivity contribution is 7.89. The Morgan fingerprint density at radius 1 is 1.40 bits per heavy atom. The lowest BCUT2D eigenvalue weighted by Crippen LogP contribution is -2.41. The van der Waals surface area contributed by atoms with Crippen molar-refractivity contribution >= 4 is 21.6 Å². The lowest BCUT2D eigenvalue weighted by molar-refractivity contribution is 0.0996. The Morgan fingerprint density at radius 2 is 2.20 bits per heavy atom. The maximum Gasteiger partial charge on any atom is 0.240 e. The molecule has 0 radical (unpaired) electrons. The zero-order valence-electron chi connectivity index (χ0n) is 10.9. The number of fused-ring (bicyclic) bond motifs is 2. The van der Waals surface area contributed by atoms with E-state index in [9.17, 15) is 8.42 Å². The molecule has 0 amide bonds. The summed E-state index contributed by atoms with van der Waals surface area (Å²) in [5.41, 5.74) is 6.18. The van der Waals surface area contributed by atoms with E-state index in [1.165, 1.54) is 12.1 Å². The normalized spacial score (nSPS) is 29.0. The SMILES string of the molecule is NCc1cc(S(=O)(=O)NC2CC3CCC2O3)ccc1Cl. The summed E-state index contributed by atoms with van der Waals surface area (Å²) in [6.45, 7) is 0.208. The van der Waals surface area contributed by atoms with Gasteiger partial charge in [-0.2, -0.15) is 0 Å². The summed E-state index contributed by atoms with van der Waals surface area (Å²) in [7, 11) is -3.56. The Hall–Kier alpha value is -0.660. The molecule has 3 N–H and O–H groups in total. The Labute approximate surface area is 123 Å². The fourth-order valence-electron chi connectivity index (χ4n) is 2.90. The molecule has 2 fully saturated rings. The molecule has 2 aliphatic rings. The lowest BCUT2D eigenvalue weighted by atomic mass is 9.96. The molecule has 5 nitrogen and oxygen atoms in total. The molecule has 2 heterocycles. The maximum absolute atomic E-state index is 12.4. The number of nitrogens with two attached hydrogens (primary N) is 1. The third-order valence-electron chi connectivity index (χ3n) is 3.96. The average molecular weight is 317 g/mol. The number of benzene rings is 1. The van der Waals surface area contributed by atoms with E-state index >= 15 is 0 Å². The number of sulfonamides is 1. The smallest absolute Gasteiger partial charge is 0.240 e. The van der Waals surface area contributed by atoms with Crippen molar-refractivity contribution < 1.29 is 13.2 Å². The molecule has 110 valence electrons. The lowest BCUT2D eigenvalue weighted by Gasteiger charge is -2.20. The van der Waals surface area contributed by atoms with Gasteiger partial charge in [-0.3, -0.25) is 0 Å². The summed E-state index contributed by atoms with van der Waals surface area (Å²) in [5.74, 6) is 0. The van der Waals surface area contributed by atoms with Crippen molar-refractivity contribution in [3.63, 3.8) is 0 Å². The molecule has 1 aromatic carbocycles. The van der Waals surface area contributed by atoms with E-state index in [2.05, 4.69) is 4.72 Å². The molecule has 0 aliphatic carbocycles. The number of rotatable bonds is 4. The summed E-state index contributed by atoms with van der Waals surface area (Å²) in [6.07, 6.45) is 2.92. The molecule has 2 aliphatic heterocycles. The van der Waals surface area contributed by atoms with Crippen LogP contribution in [0.15, 0.2) is 23.1 Å². The van der Waals surface area contributed by atoms with Crippen LogP contribution in [0.25, 0.3) is 0 Å². The van der Waals surface area contributed by atoms with E-state index in [0.29, 0.717) is 10.6 Å². The highest BCUT2D eigenvalue weighted by Crippen LogP contribution is 2.35. The van der Waals surface area contributed by atoms with Crippen molar-refractivity contribution in [1.82, 2.24) is 4.72 Å². The fraction of sp³-hybridized carbons (Fsp3) is 0.538. The van der Waals surface area contributed by atoms with Crippen molar-refractivity contribution in [3.05, 3.63) is 28.8 Å². The van der Waals surface area contributed by atoms with Gasteiger partial charge in [0, 0.05) is 11.6 Å². The predicted molar refractivity (Wildman–Crippen MR) is 76.0 cm³/mol. The van der Waals surface area contributed by atoms with Crippen LogP contribution >= 0.6 is 11.6 Å². The predicted octanol–water partition coefficient (Wildman–Crippen LogP) is 1.40. The molecular formula is C13H17ClN2O3S. The van der Waals surface area contributed by atoms with Crippen LogP contribution in [0.3, 0.4) is 0 Å². The van der Waals surface area contributed by atoms with Crippen molar-refractivity contribution in [2.75, 3.05) is 0 Å². The molecule has 0 spiro atoms. The summed E-state index contributed by atoms with van der Waals surface area (Å²) < 4.78 is 33.2. The van der Waals surface area contributed by atoms with Gasteiger partial charge in [-0.25, -0.2) is 13.1 Å². The first-order chi connectivity index (χ1) is 9.49. The molecule has 3 unspecified atom stereocenters. The first kappa shape index (κ1) is 14.3. The van der Waals surface area contributed by atoms with Crippen LogP contribution in [-0.2, 0) is 21.3 Å². The van der Waals surface area contributed by atoms with Gasteiger partial charge in [0.1, 0.15) is 0 Å². The van der Waals surface area contributed by atoms with Crippen LogP contribution in [0.4, 0.5) is 0 Å².